The van der Waals surface area contributed by atoms with Crippen molar-refractivity contribution < 1.29 is 8.42 Å². The Morgan fingerprint density at radius 3 is 2.62 bits per heavy atom. The first-order valence-corrected chi connectivity index (χ1v) is 8.85. The van der Waals surface area contributed by atoms with E-state index in [1.54, 1.807) is 43.4 Å². The van der Waals surface area contributed by atoms with E-state index in [-0.39, 0.29) is 9.92 Å². The summed E-state index contributed by atoms with van der Waals surface area (Å²) >= 11 is 6.06. The van der Waals surface area contributed by atoms with Crippen molar-refractivity contribution in [2.45, 2.75) is 11.8 Å². The molecule has 9 heteroatoms. The molecule has 3 rings (SSSR count). The van der Waals surface area contributed by atoms with Crippen molar-refractivity contribution in [1.82, 2.24) is 20.2 Å². The highest BCUT2D eigenvalue weighted by atomic mass is 35.5. The molecule has 1 heterocycles. The van der Waals surface area contributed by atoms with Crippen molar-refractivity contribution in [1.29, 1.82) is 0 Å². The second kappa shape index (κ2) is 6.21. The van der Waals surface area contributed by atoms with Crippen LogP contribution in [0.3, 0.4) is 0 Å². The molecular weight excluding hydrogens is 350 g/mol. The van der Waals surface area contributed by atoms with E-state index in [9.17, 15) is 8.42 Å². The molecule has 0 spiro atoms. The van der Waals surface area contributed by atoms with Gasteiger partial charge in [-0.2, -0.15) is 0 Å². The molecule has 0 aliphatic carbocycles. The van der Waals surface area contributed by atoms with E-state index in [0.717, 1.165) is 5.56 Å². The number of nitrogens with one attached hydrogen (secondary N) is 1. The molecule has 2 aromatic carbocycles. The van der Waals surface area contributed by atoms with Gasteiger partial charge in [0.2, 0.25) is 0 Å². The molecule has 3 aromatic rings. The molecule has 0 saturated carbocycles. The number of sulfonamides is 1. The second-order valence-corrected chi connectivity index (χ2v) is 7.30. The molecule has 0 aliphatic rings. The van der Waals surface area contributed by atoms with Gasteiger partial charge in [-0.05, 0) is 47.2 Å². The van der Waals surface area contributed by atoms with Crippen molar-refractivity contribution in [2.75, 3.05) is 4.72 Å². The minimum atomic E-state index is -3.80. The van der Waals surface area contributed by atoms with Crippen LogP contribution < -0.4 is 4.72 Å². The van der Waals surface area contributed by atoms with Gasteiger partial charge >= 0.3 is 0 Å². The molecule has 124 valence electrons. The third-order valence-electron chi connectivity index (χ3n) is 3.37. The van der Waals surface area contributed by atoms with Gasteiger partial charge in [-0.1, -0.05) is 29.8 Å². The lowest BCUT2D eigenvalue weighted by Crippen LogP contribution is -2.13. The van der Waals surface area contributed by atoms with Gasteiger partial charge in [-0.25, -0.2) is 13.1 Å². The third-order valence-corrected chi connectivity index (χ3v) is 5.23. The molecule has 0 bridgehead atoms. The van der Waals surface area contributed by atoms with Gasteiger partial charge in [0, 0.05) is 18.3 Å². The SMILES string of the molecule is Cc1ccc(S(=O)(=O)Nc2cccc(-c3nnnn3C)c2)c(Cl)c1. The maximum absolute atomic E-state index is 12.6. The van der Waals surface area contributed by atoms with Gasteiger partial charge in [0.05, 0.1) is 5.02 Å². The lowest BCUT2D eigenvalue weighted by molar-refractivity contribution is 0.601. The van der Waals surface area contributed by atoms with Crippen LogP contribution in [0.15, 0.2) is 47.4 Å². The number of hydrogen-bond acceptors (Lipinski definition) is 5. The van der Waals surface area contributed by atoms with Gasteiger partial charge in [0.25, 0.3) is 10.0 Å². The third kappa shape index (κ3) is 3.24. The number of hydrogen-bond donors (Lipinski definition) is 1. The van der Waals surface area contributed by atoms with Crippen LogP contribution in [0.5, 0.6) is 0 Å². The molecule has 0 amide bonds. The average molecular weight is 364 g/mol. The molecule has 0 radical (unpaired) electrons. The van der Waals surface area contributed by atoms with Crippen molar-refractivity contribution in [3.63, 3.8) is 0 Å². The van der Waals surface area contributed by atoms with Crippen LogP contribution in [0.4, 0.5) is 5.69 Å². The molecule has 1 N–H and O–H groups in total. The van der Waals surface area contributed by atoms with Crippen LogP contribution in [-0.4, -0.2) is 28.6 Å². The zero-order chi connectivity index (χ0) is 17.3. The van der Waals surface area contributed by atoms with Crippen molar-refractivity contribution in [2.24, 2.45) is 7.05 Å². The Hall–Kier alpha value is -2.45. The maximum atomic E-state index is 12.6. The summed E-state index contributed by atoms with van der Waals surface area (Å²) in [5.41, 5.74) is 1.97. The van der Waals surface area contributed by atoms with E-state index >= 15 is 0 Å². The minimum Gasteiger partial charge on any atom is -0.280 e. The highest BCUT2D eigenvalue weighted by Gasteiger charge is 2.18. The summed E-state index contributed by atoms with van der Waals surface area (Å²) in [6, 6.07) is 11.6. The number of aromatic nitrogens is 4. The molecule has 24 heavy (non-hydrogen) atoms. The Balaban J connectivity index is 1.95. The summed E-state index contributed by atoms with van der Waals surface area (Å²) in [6.45, 7) is 1.84. The summed E-state index contributed by atoms with van der Waals surface area (Å²) in [4.78, 5) is 0.0282. The molecule has 7 nitrogen and oxygen atoms in total. The Labute approximate surface area is 144 Å². The van der Waals surface area contributed by atoms with E-state index in [1.165, 1.54) is 10.7 Å². The number of anilines is 1. The molecule has 0 saturated heterocycles. The van der Waals surface area contributed by atoms with Gasteiger partial charge < -0.3 is 0 Å². The Kier molecular flexibility index (Phi) is 4.25. The van der Waals surface area contributed by atoms with Crippen LogP contribution in [0.2, 0.25) is 5.02 Å². The number of tetrazole rings is 1. The predicted molar refractivity (Wildman–Crippen MR) is 91.2 cm³/mol. The summed E-state index contributed by atoms with van der Waals surface area (Å²) in [5.74, 6) is 0.532. The van der Waals surface area contributed by atoms with Gasteiger partial charge in [-0.15, -0.1) is 5.10 Å². The highest BCUT2D eigenvalue weighted by Crippen LogP contribution is 2.26. The lowest BCUT2D eigenvalue weighted by Gasteiger charge is -2.11. The van der Waals surface area contributed by atoms with E-state index in [0.29, 0.717) is 17.1 Å². The number of aryl methyl sites for hydroxylation is 2. The predicted octanol–water partition coefficient (Wildman–Crippen LogP) is 2.64. The number of nitrogens with zero attached hydrogens (tertiary/aromatic N) is 4. The van der Waals surface area contributed by atoms with Crippen LogP contribution in [0.25, 0.3) is 11.4 Å². The molecule has 0 atom stereocenters. The molecule has 0 unspecified atom stereocenters. The fourth-order valence-electron chi connectivity index (χ4n) is 2.23. The summed E-state index contributed by atoms with van der Waals surface area (Å²) in [6.07, 6.45) is 0. The number of benzene rings is 2. The van der Waals surface area contributed by atoms with Crippen molar-refractivity contribution >= 4 is 27.3 Å². The average Bonchev–Trinajstić information content (AvgIpc) is 2.92. The standard InChI is InChI=1S/C15H14ClN5O2S/c1-10-6-7-14(13(16)8-10)24(22,23)18-12-5-3-4-11(9-12)15-17-19-20-21(15)2/h3-9,18H,1-2H3. The minimum absolute atomic E-state index is 0.0282. The monoisotopic (exact) mass is 363 g/mol. The topological polar surface area (TPSA) is 89.8 Å². The number of halogens is 1. The smallest absolute Gasteiger partial charge is 0.263 e. The fourth-order valence-corrected chi connectivity index (χ4v) is 3.88. The van der Waals surface area contributed by atoms with E-state index < -0.39 is 10.0 Å². The molecule has 0 aliphatic heterocycles. The van der Waals surface area contributed by atoms with E-state index in [4.69, 9.17) is 11.6 Å². The molecule has 0 fully saturated rings. The second-order valence-electron chi connectivity index (χ2n) is 5.25. The summed E-state index contributed by atoms with van der Waals surface area (Å²) in [5, 5.41) is 11.4. The first-order chi connectivity index (χ1) is 11.4. The molecule has 1 aromatic heterocycles. The van der Waals surface area contributed by atoms with E-state index in [1.807, 2.05) is 6.92 Å². The zero-order valence-electron chi connectivity index (χ0n) is 12.9. The van der Waals surface area contributed by atoms with Gasteiger partial charge in [0.1, 0.15) is 4.90 Å². The first kappa shape index (κ1) is 16.4. The normalized spacial score (nSPS) is 11.5. The summed E-state index contributed by atoms with van der Waals surface area (Å²) in [7, 11) is -2.09. The zero-order valence-corrected chi connectivity index (χ0v) is 14.5. The maximum Gasteiger partial charge on any atom is 0.263 e. The van der Waals surface area contributed by atoms with Crippen molar-refractivity contribution in [3.05, 3.63) is 53.1 Å². The lowest BCUT2D eigenvalue weighted by atomic mass is 10.2. The van der Waals surface area contributed by atoms with Crippen molar-refractivity contribution in [3.8, 4) is 11.4 Å². The van der Waals surface area contributed by atoms with Crippen LogP contribution in [0.1, 0.15) is 5.56 Å². The Morgan fingerprint density at radius 1 is 1.17 bits per heavy atom. The first-order valence-electron chi connectivity index (χ1n) is 6.98. The van der Waals surface area contributed by atoms with E-state index in [2.05, 4.69) is 20.2 Å². The van der Waals surface area contributed by atoms with Crippen LogP contribution >= 0.6 is 11.6 Å². The summed E-state index contributed by atoms with van der Waals surface area (Å²) < 4.78 is 29.1. The quantitative estimate of drug-likeness (QED) is 0.769. The highest BCUT2D eigenvalue weighted by molar-refractivity contribution is 7.92. The Morgan fingerprint density at radius 2 is 1.96 bits per heavy atom. The van der Waals surface area contributed by atoms with Gasteiger partial charge in [0.15, 0.2) is 5.82 Å². The fraction of sp³-hybridized carbons (Fsp3) is 0.133. The largest absolute Gasteiger partial charge is 0.280 e. The van der Waals surface area contributed by atoms with Crippen LogP contribution in [0, 0.1) is 6.92 Å². The van der Waals surface area contributed by atoms with Crippen LogP contribution in [-0.2, 0) is 17.1 Å². The number of rotatable bonds is 4. The van der Waals surface area contributed by atoms with Gasteiger partial charge in [-0.3, -0.25) is 4.72 Å². The Bertz CT molecular complexity index is 1000. The molecular formula is C15H14ClN5O2S.